The van der Waals surface area contributed by atoms with Gasteiger partial charge in [-0.05, 0) is 37.5 Å². The topological polar surface area (TPSA) is 84.6 Å². The Morgan fingerprint density at radius 3 is 2.58 bits per heavy atom. The Morgan fingerprint density at radius 1 is 1.17 bits per heavy atom. The molecule has 0 atom stereocenters. The number of nitro benzene ring substituents is 1. The standard InChI is InChI=1S/C18H19N3O3/c1-12-7-8-15(9-13(12)2)10-18(22)20-19-14(3)16-5-4-6-17(11-16)21(23)24/h4-9,11H,10H2,1-3H3,(H,20,22)/b19-14-. The van der Waals surface area contributed by atoms with Crippen LogP contribution in [-0.4, -0.2) is 16.5 Å². The normalized spacial score (nSPS) is 11.2. The predicted octanol–water partition coefficient (Wildman–Crippen LogP) is 3.29. The second-order valence-electron chi connectivity index (χ2n) is 5.64. The van der Waals surface area contributed by atoms with Crippen molar-refractivity contribution in [1.29, 1.82) is 0 Å². The highest BCUT2D eigenvalue weighted by atomic mass is 16.6. The highest BCUT2D eigenvalue weighted by Gasteiger charge is 2.08. The highest BCUT2D eigenvalue weighted by molar-refractivity contribution is 5.99. The number of aryl methyl sites for hydroxylation is 2. The van der Waals surface area contributed by atoms with Gasteiger partial charge in [-0.2, -0.15) is 5.10 Å². The van der Waals surface area contributed by atoms with Crippen molar-refractivity contribution >= 4 is 17.3 Å². The van der Waals surface area contributed by atoms with Crippen LogP contribution in [0.2, 0.25) is 0 Å². The number of hydrogen-bond acceptors (Lipinski definition) is 4. The van der Waals surface area contributed by atoms with Crippen LogP contribution in [0.5, 0.6) is 0 Å². The number of rotatable bonds is 5. The third-order valence-electron chi connectivity index (χ3n) is 3.76. The molecule has 1 amide bonds. The molecule has 124 valence electrons. The number of nitro groups is 1. The number of hydrogen-bond donors (Lipinski definition) is 1. The molecule has 0 spiro atoms. The fourth-order valence-electron chi connectivity index (χ4n) is 2.19. The Labute approximate surface area is 140 Å². The summed E-state index contributed by atoms with van der Waals surface area (Å²) in [6.45, 7) is 5.71. The van der Waals surface area contributed by atoms with Crippen molar-refractivity contribution in [1.82, 2.24) is 5.43 Å². The van der Waals surface area contributed by atoms with E-state index in [1.807, 2.05) is 32.0 Å². The Bertz CT molecular complexity index is 813. The van der Waals surface area contributed by atoms with Crippen molar-refractivity contribution in [3.05, 3.63) is 74.8 Å². The molecule has 0 aliphatic rings. The summed E-state index contributed by atoms with van der Waals surface area (Å²) in [4.78, 5) is 22.3. The molecule has 0 heterocycles. The first-order valence-corrected chi connectivity index (χ1v) is 7.51. The predicted molar refractivity (Wildman–Crippen MR) is 93.1 cm³/mol. The molecule has 0 fully saturated rings. The molecular weight excluding hydrogens is 306 g/mol. The molecule has 0 aliphatic carbocycles. The van der Waals surface area contributed by atoms with Crippen LogP contribution in [0.4, 0.5) is 5.69 Å². The quantitative estimate of drug-likeness (QED) is 0.520. The van der Waals surface area contributed by atoms with Crippen LogP contribution in [0.1, 0.15) is 29.2 Å². The van der Waals surface area contributed by atoms with Crippen LogP contribution in [0, 0.1) is 24.0 Å². The number of hydrazone groups is 1. The van der Waals surface area contributed by atoms with E-state index in [0.717, 1.165) is 11.1 Å². The van der Waals surface area contributed by atoms with Crippen molar-refractivity contribution < 1.29 is 9.72 Å². The molecule has 2 aromatic rings. The van der Waals surface area contributed by atoms with Crippen LogP contribution >= 0.6 is 0 Å². The number of amides is 1. The Kier molecular flexibility index (Phi) is 5.42. The van der Waals surface area contributed by atoms with Gasteiger partial charge in [0, 0.05) is 17.7 Å². The van der Waals surface area contributed by atoms with Gasteiger partial charge in [-0.15, -0.1) is 0 Å². The third-order valence-corrected chi connectivity index (χ3v) is 3.76. The van der Waals surface area contributed by atoms with E-state index < -0.39 is 4.92 Å². The third kappa shape index (κ3) is 4.49. The van der Waals surface area contributed by atoms with Crippen molar-refractivity contribution in [2.45, 2.75) is 27.2 Å². The van der Waals surface area contributed by atoms with Gasteiger partial charge in [0.2, 0.25) is 5.91 Å². The Morgan fingerprint density at radius 2 is 1.92 bits per heavy atom. The maximum absolute atomic E-state index is 12.0. The van der Waals surface area contributed by atoms with Gasteiger partial charge >= 0.3 is 0 Å². The summed E-state index contributed by atoms with van der Waals surface area (Å²) in [7, 11) is 0. The molecule has 1 N–H and O–H groups in total. The number of carbonyl (C=O) groups is 1. The minimum atomic E-state index is -0.463. The average Bonchev–Trinajstić information content (AvgIpc) is 2.56. The fourth-order valence-corrected chi connectivity index (χ4v) is 2.19. The molecule has 0 bridgehead atoms. The zero-order valence-electron chi connectivity index (χ0n) is 13.9. The molecule has 24 heavy (non-hydrogen) atoms. The van der Waals surface area contributed by atoms with Crippen molar-refractivity contribution in [3.63, 3.8) is 0 Å². The molecule has 6 nitrogen and oxygen atoms in total. The van der Waals surface area contributed by atoms with E-state index in [-0.39, 0.29) is 18.0 Å². The van der Waals surface area contributed by atoms with E-state index in [1.165, 1.54) is 17.7 Å². The molecule has 0 unspecified atom stereocenters. The summed E-state index contributed by atoms with van der Waals surface area (Å²) in [5, 5.41) is 14.8. The first kappa shape index (κ1) is 17.3. The van der Waals surface area contributed by atoms with Crippen molar-refractivity contribution in [2.24, 2.45) is 5.10 Å². The van der Waals surface area contributed by atoms with E-state index in [2.05, 4.69) is 10.5 Å². The van der Waals surface area contributed by atoms with Gasteiger partial charge in [-0.1, -0.05) is 30.3 Å². The molecule has 0 radical (unpaired) electrons. The SMILES string of the molecule is C/C(=N/NC(=O)Cc1ccc(C)c(C)c1)c1cccc([N+](=O)[O-])c1. The summed E-state index contributed by atoms with van der Waals surface area (Å²) >= 11 is 0. The van der Waals surface area contributed by atoms with Crippen LogP contribution in [0.25, 0.3) is 0 Å². The van der Waals surface area contributed by atoms with Gasteiger partial charge < -0.3 is 0 Å². The number of nitrogens with one attached hydrogen (secondary N) is 1. The summed E-state index contributed by atoms with van der Waals surface area (Å²) in [6.07, 6.45) is 0.229. The lowest BCUT2D eigenvalue weighted by molar-refractivity contribution is -0.384. The van der Waals surface area contributed by atoms with Gasteiger partial charge in [0.1, 0.15) is 0 Å². The maximum Gasteiger partial charge on any atom is 0.270 e. The molecule has 6 heteroatoms. The molecule has 0 saturated heterocycles. The molecule has 2 aromatic carbocycles. The molecule has 0 aliphatic heterocycles. The summed E-state index contributed by atoms with van der Waals surface area (Å²) < 4.78 is 0. The number of nitrogens with zero attached hydrogens (tertiary/aromatic N) is 2. The summed E-state index contributed by atoms with van der Waals surface area (Å²) in [6, 6.07) is 12.0. The fraction of sp³-hybridized carbons (Fsp3) is 0.222. The lowest BCUT2D eigenvalue weighted by atomic mass is 10.0. The largest absolute Gasteiger partial charge is 0.273 e. The minimum absolute atomic E-state index is 0.0106. The van der Waals surface area contributed by atoms with Gasteiger partial charge in [-0.25, -0.2) is 5.43 Å². The van der Waals surface area contributed by atoms with Crippen LogP contribution < -0.4 is 5.43 Å². The molecular formula is C18H19N3O3. The van der Waals surface area contributed by atoms with Crippen molar-refractivity contribution in [3.8, 4) is 0 Å². The average molecular weight is 325 g/mol. The van der Waals surface area contributed by atoms with Gasteiger partial charge in [0.15, 0.2) is 0 Å². The lowest BCUT2D eigenvalue weighted by Crippen LogP contribution is -2.21. The number of benzene rings is 2. The number of non-ortho nitro benzene ring substituents is 1. The molecule has 0 saturated carbocycles. The zero-order valence-corrected chi connectivity index (χ0v) is 13.9. The highest BCUT2D eigenvalue weighted by Crippen LogP contribution is 2.14. The van der Waals surface area contributed by atoms with Gasteiger partial charge in [0.05, 0.1) is 17.1 Å². The zero-order chi connectivity index (χ0) is 17.7. The molecule has 2 rings (SSSR count). The van der Waals surface area contributed by atoms with E-state index in [1.54, 1.807) is 19.1 Å². The molecule has 0 aromatic heterocycles. The van der Waals surface area contributed by atoms with Gasteiger partial charge in [-0.3, -0.25) is 14.9 Å². The van der Waals surface area contributed by atoms with Crippen LogP contribution in [0.15, 0.2) is 47.6 Å². The summed E-state index contributed by atoms with van der Waals surface area (Å²) in [5.41, 5.74) is 6.81. The van der Waals surface area contributed by atoms with Gasteiger partial charge in [0.25, 0.3) is 5.69 Å². The van der Waals surface area contributed by atoms with Crippen LogP contribution in [0.3, 0.4) is 0 Å². The van der Waals surface area contributed by atoms with Crippen molar-refractivity contribution in [2.75, 3.05) is 0 Å². The van der Waals surface area contributed by atoms with E-state index in [0.29, 0.717) is 11.3 Å². The van der Waals surface area contributed by atoms with Crippen LogP contribution in [-0.2, 0) is 11.2 Å². The Balaban J connectivity index is 2.03. The minimum Gasteiger partial charge on any atom is -0.273 e. The maximum atomic E-state index is 12.0. The second kappa shape index (κ2) is 7.50. The first-order valence-electron chi connectivity index (χ1n) is 7.51. The summed E-state index contributed by atoms with van der Waals surface area (Å²) in [5.74, 6) is -0.233. The lowest BCUT2D eigenvalue weighted by Gasteiger charge is -2.05. The number of carbonyl (C=O) groups excluding carboxylic acids is 1. The van der Waals surface area contributed by atoms with E-state index in [9.17, 15) is 14.9 Å². The van der Waals surface area contributed by atoms with E-state index in [4.69, 9.17) is 0 Å². The smallest absolute Gasteiger partial charge is 0.270 e. The first-order chi connectivity index (χ1) is 11.4. The second-order valence-corrected chi connectivity index (χ2v) is 5.64. The Hall–Kier alpha value is -3.02. The van der Waals surface area contributed by atoms with E-state index >= 15 is 0 Å². The monoisotopic (exact) mass is 325 g/mol.